The van der Waals surface area contributed by atoms with Crippen LogP contribution in [-0.4, -0.2) is 26.2 Å². The van der Waals surface area contributed by atoms with Crippen molar-refractivity contribution >= 4 is 63.4 Å². The van der Waals surface area contributed by atoms with Crippen LogP contribution in [0.15, 0.2) is 86.2 Å². The molecule has 2 aromatic carbocycles. The topological polar surface area (TPSA) is 54.8 Å². The van der Waals surface area contributed by atoms with E-state index >= 15 is 0 Å². The molecule has 2 heterocycles. The number of nitrogens with zero attached hydrogens (tertiary/aromatic N) is 3. The van der Waals surface area contributed by atoms with Crippen LogP contribution in [0, 0.1) is 6.92 Å². The Morgan fingerprint density at radius 2 is 1.77 bits per heavy atom. The summed E-state index contributed by atoms with van der Waals surface area (Å²) in [5.74, 6) is 0. The zero-order valence-electron chi connectivity index (χ0n) is 22.5. The van der Waals surface area contributed by atoms with Crippen molar-refractivity contribution in [2.24, 2.45) is 0 Å². The first-order chi connectivity index (χ1) is 19.3. The Morgan fingerprint density at radius 1 is 0.975 bits per heavy atom. The van der Waals surface area contributed by atoms with Crippen molar-refractivity contribution in [1.82, 2.24) is 19.9 Å². The number of allylic oxidation sites excluding steroid dienone is 1. The molecule has 0 bridgehead atoms. The van der Waals surface area contributed by atoms with Crippen LogP contribution in [-0.2, 0) is 13.0 Å². The maximum atomic E-state index is 6.18. The number of rotatable bonds is 11. The lowest BCUT2D eigenvalue weighted by Crippen LogP contribution is -2.30. The highest BCUT2D eigenvalue weighted by Crippen LogP contribution is 2.29. The van der Waals surface area contributed by atoms with Crippen LogP contribution < -0.4 is 10.6 Å². The highest BCUT2D eigenvalue weighted by molar-refractivity contribution is 7.80. The lowest BCUT2D eigenvalue weighted by molar-refractivity contribution is 0.632. The Balaban J connectivity index is 0.000000220. The molecule has 0 radical (unpaired) electrons. The van der Waals surface area contributed by atoms with E-state index in [4.69, 9.17) is 47.0 Å². The smallest absolute Gasteiger partial charge is 0.170 e. The number of hydrogen-bond acceptors (Lipinski definition) is 3. The third-order valence-corrected chi connectivity index (χ3v) is 7.13. The molecule has 0 aliphatic carbocycles. The number of anilines is 1. The molecule has 9 heteroatoms. The molecule has 0 fully saturated rings. The largest absolute Gasteiger partial charge is 0.362 e. The van der Waals surface area contributed by atoms with Gasteiger partial charge in [-0.2, -0.15) is 0 Å². The van der Waals surface area contributed by atoms with E-state index in [-0.39, 0.29) is 0 Å². The van der Waals surface area contributed by atoms with Gasteiger partial charge in [0.15, 0.2) is 5.11 Å². The zero-order valence-corrected chi connectivity index (χ0v) is 25.6. The number of nitrogens with one attached hydrogen (secondary N) is 2. The number of unbranched alkanes of at least 4 members (excludes halogenated alkanes) is 1. The third kappa shape index (κ3) is 11.3. The monoisotopic (exact) mass is 613 g/mol. The summed E-state index contributed by atoms with van der Waals surface area (Å²) in [4.78, 5) is 8.12. The summed E-state index contributed by atoms with van der Waals surface area (Å²) in [6.45, 7) is 7.86. The quantitative estimate of drug-likeness (QED) is 0.130. The fourth-order valence-electron chi connectivity index (χ4n) is 3.94. The highest BCUT2D eigenvalue weighted by Gasteiger charge is 2.05. The molecule has 0 atom stereocenters. The second-order valence-electron chi connectivity index (χ2n) is 9.29. The van der Waals surface area contributed by atoms with Gasteiger partial charge in [0, 0.05) is 58.6 Å². The Bertz CT molecular complexity index is 1360. The number of hydrogen-bond donors (Lipinski definition) is 2. The summed E-state index contributed by atoms with van der Waals surface area (Å²) in [7, 11) is 0. The lowest BCUT2D eigenvalue weighted by atomic mass is 10.0. The Labute approximate surface area is 257 Å². The van der Waals surface area contributed by atoms with Crippen LogP contribution in [0.2, 0.25) is 15.1 Å². The predicted molar refractivity (Wildman–Crippen MR) is 175 cm³/mol. The van der Waals surface area contributed by atoms with Gasteiger partial charge in [0.25, 0.3) is 0 Å². The van der Waals surface area contributed by atoms with Crippen molar-refractivity contribution in [2.75, 3.05) is 11.9 Å². The van der Waals surface area contributed by atoms with E-state index in [1.807, 2.05) is 66.6 Å². The molecule has 0 aliphatic heterocycles. The molecule has 4 aromatic rings. The van der Waals surface area contributed by atoms with Gasteiger partial charge >= 0.3 is 0 Å². The summed E-state index contributed by atoms with van der Waals surface area (Å²) < 4.78 is 2.04. The summed E-state index contributed by atoms with van der Waals surface area (Å²) in [5, 5.41) is 9.05. The van der Waals surface area contributed by atoms with Gasteiger partial charge in [0.05, 0.1) is 6.33 Å². The standard InChI is InChI=1S/C17H17Cl2N.C14H17ClN4S/c1-13(16-9-8-15(18)11-17(16)19)5-2-3-6-14-7-4-10-20-12-14;1-11-9-12(15)3-4-13(11)18-14(20)17-5-2-7-19-8-6-16-10-19/h4,7-12H,1-3,5-6H2;3-4,6,8-10H,2,5,7H2,1H3,(H2,17,18,20). The number of aryl methyl sites for hydroxylation is 3. The number of imidazole rings is 1. The zero-order chi connectivity index (χ0) is 28.7. The molecule has 2 aromatic heterocycles. The van der Waals surface area contributed by atoms with Gasteiger partial charge in [-0.25, -0.2) is 4.98 Å². The van der Waals surface area contributed by atoms with Crippen LogP contribution >= 0.6 is 47.0 Å². The molecule has 5 nitrogen and oxygen atoms in total. The van der Waals surface area contributed by atoms with Gasteiger partial charge in [-0.3, -0.25) is 4.98 Å². The van der Waals surface area contributed by atoms with Gasteiger partial charge in [0.1, 0.15) is 0 Å². The maximum Gasteiger partial charge on any atom is 0.170 e. The Hall–Kier alpha value is -2.90. The molecule has 4 rings (SSSR count). The molecular weight excluding hydrogens is 581 g/mol. The molecule has 2 N–H and O–H groups in total. The van der Waals surface area contributed by atoms with Crippen molar-refractivity contribution in [3.8, 4) is 0 Å². The van der Waals surface area contributed by atoms with E-state index in [0.717, 1.165) is 72.6 Å². The van der Waals surface area contributed by atoms with Crippen molar-refractivity contribution < 1.29 is 0 Å². The van der Waals surface area contributed by atoms with Gasteiger partial charge in [0.2, 0.25) is 0 Å². The van der Waals surface area contributed by atoms with Crippen LogP contribution in [0.4, 0.5) is 5.69 Å². The lowest BCUT2D eigenvalue weighted by Gasteiger charge is -2.12. The predicted octanol–water partition coefficient (Wildman–Crippen LogP) is 9.04. The van der Waals surface area contributed by atoms with Crippen molar-refractivity contribution in [2.45, 2.75) is 45.6 Å². The first kappa shape index (κ1) is 31.6. The van der Waals surface area contributed by atoms with E-state index in [0.29, 0.717) is 15.2 Å². The number of pyridine rings is 1. The molecule has 0 unspecified atom stereocenters. The van der Waals surface area contributed by atoms with E-state index in [1.54, 1.807) is 18.5 Å². The van der Waals surface area contributed by atoms with Gasteiger partial charge < -0.3 is 15.2 Å². The normalized spacial score (nSPS) is 10.4. The van der Waals surface area contributed by atoms with Crippen LogP contribution in [0.3, 0.4) is 0 Å². The van der Waals surface area contributed by atoms with Gasteiger partial charge in [-0.15, -0.1) is 0 Å². The molecular formula is C31H34Cl3N5S. The van der Waals surface area contributed by atoms with E-state index in [2.05, 4.69) is 33.2 Å². The minimum absolute atomic E-state index is 0.626. The van der Waals surface area contributed by atoms with Crippen molar-refractivity contribution in [3.05, 3.63) is 118 Å². The highest BCUT2D eigenvalue weighted by atomic mass is 35.5. The molecule has 0 saturated heterocycles. The summed E-state index contributed by atoms with van der Waals surface area (Å²) in [6, 6.07) is 15.3. The molecule has 0 amide bonds. The summed E-state index contributed by atoms with van der Waals surface area (Å²) >= 11 is 23.3. The Morgan fingerprint density at radius 3 is 2.48 bits per heavy atom. The van der Waals surface area contributed by atoms with Crippen molar-refractivity contribution in [1.29, 1.82) is 0 Å². The Kier molecular flexibility index (Phi) is 13.5. The maximum absolute atomic E-state index is 6.18. The molecule has 0 spiro atoms. The molecule has 210 valence electrons. The van der Waals surface area contributed by atoms with Crippen molar-refractivity contribution in [3.63, 3.8) is 0 Å². The first-order valence-corrected chi connectivity index (χ1v) is 14.6. The average molecular weight is 615 g/mol. The second-order valence-corrected chi connectivity index (χ2v) is 11.0. The fourth-order valence-corrected chi connectivity index (χ4v) is 4.92. The van der Waals surface area contributed by atoms with E-state index < -0.39 is 0 Å². The first-order valence-electron chi connectivity index (χ1n) is 13.1. The third-order valence-electron chi connectivity index (χ3n) is 6.10. The van der Waals surface area contributed by atoms with E-state index in [9.17, 15) is 0 Å². The summed E-state index contributed by atoms with van der Waals surface area (Å²) in [6.07, 6.45) is 14.5. The number of thiocarbonyl (C=S) groups is 1. The fraction of sp³-hybridized carbons (Fsp3) is 0.258. The van der Waals surface area contributed by atoms with Gasteiger partial charge in [-0.1, -0.05) is 53.5 Å². The number of aromatic nitrogens is 3. The van der Waals surface area contributed by atoms with Crippen LogP contribution in [0.5, 0.6) is 0 Å². The van der Waals surface area contributed by atoms with Gasteiger partial charge in [-0.05, 0) is 110 Å². The van der Waals surface area contributed by atoms with E-state index in [1.165, 1.54) is 5.56 Å². The van der Waals surface area contributed by atoms with Crippen LogP contribution in [0.25, 0.3) is 5.57 Å². The number of halogens is 3. The SMILES string of the molecule is C=C(CCCCc1cccnc1)c1ccc(Cl)cc1Cl.Cc1cc(Cl)ccc1NC(=S)NCCCn1ccnc1. The minimum Gasteiger partial charge on any atom is -0.362 e. The number of benzene rings is 2. The minimum atomic E-state index is 0.626. The molecule has 40 heavy (non-hydrogen) atoms. The molecule has 0 saturated carbocycles. The van der Waals surface area contributed by atoms with Crippen LogP contribution in [0.1, 0.15) is 42.4 Å². The second kappa shape index (κ2) is 17.0. The average Bonchev–Trinajstić information content (AvgIpc) is 3.45. The molecule has 0 aliphatic rings. The summed E-state index contributed by atoms with van der Waals surface area (Å²) in [5.41, 5.74) is 5.39.